The minimum absolute atomic E-state index is 0.0531. The smallest absolute Gasteiger partial charge is 0.196 e. The van der Waals surface area contributed by atoms with Gasteiger partial charge in [-0.15, -0.1) is 0 Å². The van der Waals surface area contributed by atoms with Crippen LogP contribution in [0.4, 0.5) is 5.69 Å². The summed E-state index contributed by atoms with van der Waals surface area (Å²) in [6.45, 7) is 5.70. The topological polar surface area (TPSA) is 37.4 Å². The maximum Gasteiger partial charge on any atom is 0.196 e. The molecule has 0 radical (unpaired) electrons. The van der Waals surface area contributed by atoms with Crippen molar-refractivity contribution in [1.29, 1.82) is 0 Å². The number of fused-ring (bicyclic) bond motifs is 2. The van der Waals surface area contributed by atoms with Crippen molar-refractivity contribution in [3.05, 3.63) is 64.7 Å². The van der Waals surface area contributed by atoms with E-state index in [0.29, 0.717) is 22.3 Å². The lowest BCUT2D eigenvalue weighted by atomic mass is 9.83. The van der Waals surface area contributed by atoms with Crippen molar-refractivity contribution in [3.8, 4) is 0 Å². The number of hydrogen-bond donors (Lipinski definition) is 0. The highest BCUT2D eigenvalue weighted by Gasteiger charge is 2.32. The predicted molar refractivity (Wildman–Crippen MR) is 83.3 cm³/mol. The summed E-state index contributed by atoms with van der Waals surface area (Å²) < 4.78 is 0. The highest BCUT2D eigenvalue weighted by Crippen LogP contribution is 2.33. The van der Waals surface area contributed by atoms with E-state index in [9.17, 15) is 9.59 Å². The van der Waals surface area contributed by atoms with Gasteiger partial charge < -0.3 is 4.90 Å². The van der Waals surface area contributed by atoms with Gasteiger partial charge in [-0.25, -0.2) is 0 Å². The van der Waals surface area contributed by atoms with E-state index in [1.807, 2.05) is 26.0 Å². The first-order chi connectivity index (χ1) is 10.2. The van der Waals surface area contributed by atoms with Gasteiger partial charge in [-0.05, 0) is 19.9 Å². The quantitative estimate of drug-likeness (QED) is 0.738. The molecule has 3 nitrogen and oxygen atoms in total. The first kappa shape index (κ1) is 13.6. The van der Waals surface area contributed by atoms with Crippen LogP contribution in [0.1, 0.15) is 45.7 Å². The van der Waals surface area contributed by atoms with Crippen LogP contribution < -0.4 is 4.90 Å². The number of hydrogen-bond acceptors (Lipinski definition) is 3. The fourth-order valence-corrected chi connectivity index (χ4v) is 2.95. The molecule has 0 saturated carbocycles. The van der Waals surface area contributed by atoms with Gasteiger partial charge in [0.25, 0.3) is 0 Å². The van der Waals surface area contributed by atoms with Crippen LogP contribution in [0, 0.1) is 0 Å². The van der Waals surface area contributed by atoms with Gasteiger partial charge in [0.1, 0.15) is 0 Å². The minimum atomic E-state index is -0.0609. The van der Waals surface area contributed by atoms with Gasteiger partial charge in [0.05, 0.1) is 5.56 Å². The number of benzene rings is 2. The van der Waals surface area contributed by atoms with Crippen LogP contribution in [0.2, 0.25) is 0 Å². The maximum atomic E-state index is 12.8. The third kappa shape index (κ3) is 1.97. The Balaban J connectivity index is 2.26. The number of carbonyl (C=O) groups is 2. The van der Waals surface area contributed by atoms with E-state index < -0.39 is 0 Å². The van der Waals surface area contributed by atoms with Crippen molar-refractivity contribution < 1.29 is 9.59 Å². The van der Waals surface area contributed by atoms with Gasteiger partial charge in [0, 0.05) is 35.5 Å². The zero-order valence-corrected chi connectivity index (χ0v) is 12.2. The molecule has 2 aromatic rings. The number of anilines is 1. The summed E-state index contributed by atoms with van der Waals surface area (Å²) in [5.74, 6) is -0.114. The predicted octanol–water partition coefficient (Wildman–Crippen LogP) is 3.31. The third-order valence-corrected chi connectivity index (χ3v) is 4.03. The summed E-state index contributed by atoms with van der Waals surface area (Å²) in [4.78, 5) is 27.6. The normalized spacial score (nSPS) is 12.9. The molecule has 21 heavy (non-hydrogen) atoms. The Morgan fingerprint density at radius 1 is 0.762 bits per heavy atom. The lowest BCUT2D eigenvalue weighted by Gasteiger charge is -2.27. The summed E-state index contributed by atoms with van der Waals surface area (Å²) >= 11 is 0. The Kier molecular flexibility index (Phi) is 3.34. The molecule has 0 bridgehead atoms. The SMILES string of the molecule is CCN(CC)c1cccc2c1C(=O)c1ccccc1C2=O. The summed E-state index contributed by atoms with van der Waals surface area (Å²) in [6.07, 6.45) is 0. The van der Waals surface area contributed by atoms with E-state index in [-0.39, 0.29) is 11.6 Å². The van der Waals surface area contributed by atoms with Crippen LogP contribution in [-0.4, -0.2) is 24.7 Å². The highest BCUT2D eigenvalue weighted by atomic mass is 16.1. The molecule has 0 saturated heterocycles. The van der Waals surface area contributed by atoms with Crippen LogP contribution in [0.25, 0.3) is 0 Å². The van der Waals surface area contributed by atoms with Gasteiger partial charge in [0.15, 0.2) is 11.6 Å². The molecule has 0 amide bonds. The average Bonchev–Trinajstić information content (AvgIpc) is 2.53. The maximum absolute atomic E-state index is 12.8. The molecule has 2 aromatic carbocycles. The number of carbonyl (C=O) groups excluding carboxylic acids is 2. The van der Waals surface area contributed by atoms with Crippen LogP contribution in [-0.2, 0) is 0 Å². The monoisotopic (exact) mass is 279 g/mol. The molecule has 0 N–H and O–H groups in total. The molecule has 1 aliphatic carbocycles. The fraction of sp³-hybridized carbons (Fsp3) is 0.222. The average molecular weight is 279 g/mol. The Labute approximate surface area is 124 Å². The molecular formula is C18H17NO2. The third-order valence-electron chi connectivity index (χ3n) is 4.03. The van der Waals surface area contributed by atoms with Gasteiger partial charge >= 0.3 is 0 Å². The molecule has 0 atom stereocenters. The van der Waals surface area contributed by atoms with E-state index >= 15 is 0 Å². The Bertz CT molecular complexity index is 730. The van der Waals surface area contributed by atoms with Gasteiger partial charge in [-0.1, -0.05) is 36.4 Å². The van der Waals surface area contributed by atoms with Crippen molar-refractivity contribution in [2.45, 2.75) is 13.8 Å². The molecule has 1 aliphatic rings. The van der Waals surface area contributed by atoms with Gasteiger partial charge in [-0.2, -0.15) is 0 Å². The second kappa shape index (κ2) is 5.17. The number of rotatable bonds is 3. The van der Waals surface area contributed by atoms with Crippen LogP contribution in [0.3, 0.4) is 0 Å². The van der Waals surface area contributed by atoms with E-state index in [2.05, 4.69) is 4.90 Å². The molecule has 0 fully saturated rings. The zero-order valence-electron chi connectivity index (χ0n) is 12.2. The molecular weight excluding hydrogens is 262 g/mol. The molecule has 0 aliphatic heterocycles. The molecule has 3 rings (SSSR count). The van der Waals surface area contributed by atoms with Crippen LogP contribution in [0.15, 0.2) is 42.5 Å². The zero-order chi connectivity index (χ0) is 15.0. The van der Waals surface area contributed by atoms with Crippen molar-refractivity contribution >= 4 is 17.3 Å². The molecule has 0 unspecified atom stereocenters. The number of nitrogens with zero attached hydrogens (tertiary/aromatic N) is 1. The van der Waals surface area contributed by atoms with Crippen LogP contribution >= 0.6 is 0 Å². The standard InChI is InChI=1S/C18H17NO2/c1-3-19(4-2)15-11-7-10-14-16(15)18(21)13-9-6-5-8-12(13)17(14)20/h5-11H,3-4H2,1-2H3. The summed E-state index contributed by atoms with van der Waals surface area (Å²) in [6, 6.07) is 12.6. The Morgan fingerprint density at radius 2 is 1.33 bits per heavy atom. The lowest BCUT2D eigenvalue weighted by molar-refractivity contribution is 0.0979. The Morgan fingerprint density at radius 3 is 1.95 bits per heavy atom. The van der Waals surface area contributed by atoms with Gasteiger partial charge in [0.2, 0.25) is 0 Å². The second-order valence-corrected chi connectivity index (χ2v) is 5.08. The van der Waals surface area contributed by atoms with E-state index in [1.54, 1.807) is 30.3 Å². The van der Waals surface area contributed by atoms with E-state index in [4.69, 9.17) is 0 Å². The first-order valence-corrected chi connectivity index (χ1v) is 7.25. The van der Waals surface area contributed by atoms with Crippen molar-refractivity contribution in [2.75, 3.05) is 18.0 Å². The second-order valence-electron chi connectivity index (χ2n) is 5.08. The molecule has 0 aromatic heterocycles. The van der Waals surface area contributed by atoms with E-state index in [0.717, 1.165) is 18.8 Å². The molecule has 106 valence electrons. The van der Waals surface area contributed by atoms with E-state index in [1.165, 1.54) is 0 Å². The van der Waals surface area contributed by atoms with Gasteiger partial charge in [-0.3, -0.25) is 9.59 Å². The summed E-state index contributed by atoms with van der Waals surface area (Å²) in [5.41, 5.74) is 2.93. The lowest BCUT2D eigenvalue weighted by Crippen LogP contribution is -2.28. The van der Waals surface area contributed by atoms with Crippen molar-refractivity contribution in [2.24, 2.45) is 0 Å². The molecule has 0 spiro atoms. The van der Waals surface area contributed by atoms with Crippen molar-refractivity contribution in [1.82, 2.24) is 0 Å². The largest absolute Gasteiger partial charge is 0.371 e. The van der Waals surface area contributed by atoms with Crippen LogP contribution in [0.5, 0.6) is 0 Å². The molecule has 0 heterocycles. The van der Waals surface area contributed by atoms with Crippen molar-refractivity contribution in [3.63, 3.8) is 0 Å². The minimum Gasteiger partial charge on any atom is -0.371 e. The first-order valence-electron chi connectivity index (χ1n) is 7.25. The summed E-state index contributed by atoms with van der Waals surface area (Å²) in [7, 11) is 0. The fourth-order valence-electron chi connectivity index (χ4n) is 2.95. The number of ketones is 2. The summed E-state index contributed by atoms with van der Waals surface area (Å²) in [5, 5.41) is 0. The molecule has 3 heteroatoms. The highest BCUT2D eigenvalue weighted by molar-refractivity contribution is 6.30. The Hall–Kier alpha value is -2.42.